The van der Waals surface area contributed by atoms with Gasteiger partial charge in [-0.1, -0.05) is 13.8 Å². The van der Waals surface area contributed by atoms with Gasteiger partial charge in [-0.3, -0.25) is 9.78 Å². The van der Waals surface area contributed by atoms with Gasteiger partial charge in [0.25, 0.3) is 5.91 Å². The molecule has 0 aromatic carbocycles. The number of hydrogen-bond donors (Lipinski definition) is 0. The van der Waals surface area contributed by atoms with Crippen LogP contribution >= 0.6 is 0 Å². The fourth-order valence-corrected chi connectivity index (χ4v) is 4.09. The first kappa shape index (κ1) is 17.3. The van der Waals surface area contributed by atoms with E-state index in [0.29, 0.717) is 11.7 Å². The molecule has 1 amide bonds. The van der Waals surface area contributed by atoms with Crippen LogP contribution in [0.2, 0.25) is 0 Å². The van der Waals surface area contributed by atoms with E-state index in [2.05, 4.69) is 28.7 Å². The highest BCUT2D eigenvalue weighted by Crippen LogP contribution is 2.36. The number of nitrogens with zero attached hydrogens (tertiary/aromatic N) is 4. The first-order valence-electron chi connectivity index (χ1n) is 9.11. The number of piperidine rings is 1. The van der Waals surface area contributed by atoms with Crippen molar-refractivity contribution >= 4 is 5.91 Å². The molecule has 2 aliphatic rings. The lowest BCUT2D eigenvalue weighted by Crippen LogP contribution is -2.54. The van der Waals surface area contributed by atoms with Crippen molar-refractivity contribution in [1.82, 2.24) is 19.8 Å². The van der Waals surface area contributed by atoms with Crippen molar-refractivity contribution < 1.29 is 9.53 Å². The van der Waals surface area contributed by atoms with E-state index in [9.17, 15) is 4.79 Å². The van der Waals surface area contributed by atoms with Gasteiger partial charge in [0.15, 0.2) is 0 Å². The van der Waals surface area contributed by atoms with Crippen LogP contribution in [0.1, 0.15) is 50.0 Å². The predicted octanol–water partition coefficient (Wildman–Crippen LogP) is 1.97. The minimum Gasteiger partial charge on any atom is -0.375 e. The molecule has 0 N–H and O–H groups in total. The maximum Gasteiger partial charge on any atom is 0.274 e. The van der Waals surface area contributed by atoms with Gasteiger partial charge in [0.05, 0.1) is 11.8 Å². The van der Waals surface area contributed by atoms with Crippen molar-refractivity contribution in [3.05, 3.63) is 24.3 Å². The summed E-state index contributed by atoms with van der Waals surface area (Å²) in [4.78, 5) is 25.1. The van der Waals surface area contributed by atoms with Gasteiger partial charge in [0.2, 0.25) is 0 Å². The first-order chi connectivity index (χ1) is 11.7. The Bertz CT molecular complexity index is 539. The smallest absolute Gasteiger partial charge is 0.274 e. The van der Waals surface area contributed by atoms with Crippen LogP contribution in [0.3, 0.4) is 0 Å². The zero-order chi connectivity index (χ0) is 17.0. The van der Waals surface area contributed by atoms with Crippen LogP contribution in [0, 0.1) is 0 Å². The first-order valence-corrected chi connectivity index (χ1v) is 9.11. The summed E-state index contributed by atoms with van der Waals surface area (Å²) in [6, 6.07) is 0.607. The van der Waals surface area contributed by atoms with Crippen LogP contribution in [-0.2, 0) is 4.74 Å². The third-order valence-electron chi connectivity index (χ3n) is 5.54. The van der Waals surface area contributed by atoms with E-state index in [4.69, 9.17) is 4.74 Å². The molecular weight excluding hydrogens is 304 g/mol. The van der Waals surface area contributed by atoms with Gasteiger partial charge in [0, 0.05) is 38.1 Å². The molecule has 132 valence electrons. The molecule has 1 aromatic heterocycles. The standard InChI is InChI=1S/C18H28N4O2/c1-3-21(4-2)15-5-12-24-18(13-15)6-10-22(11-7-18)17(23)16-14-19-8-9-20-16/h8-9,14-15H,3-7,10-13H2,1-2H3. The van der Waals surface area contributed by atoms with Gasteiger partial charge < -0.3 is 14.5 Å². The molecule has 0 aliphatic carbocycles. The van der Waals surface area contributed by atoms with E-state index in [1.54, 1.807) is 18.6 Å². The molecule has 0 radical (unpaired) electrons. The normalized spacial score (nSPS) is 23.6. The summed E-state index contributed by atoms with van der Waals surface area (Å²) < 4.78 is 6.22. The lowest BCUT2D eigenvalue weighted by atomic mass is 9.81. The van der Waals surface area contributed by atoms with Crippen molar-refractivity contribution in [3.8, 4) is 0 Å². The minimum atomic E-state index is -0.0509. The third kappa shape index (κ3) is 3.59. The van der Waals surface area contributed by atoms with E-state index in [1.165, 1.54) is 0 Å². The molecule has 3 rings (SSSR count). The van der Waals surface area contributed by atoms with Crippen molar-refractivity contribution in [2.24, 2.45) is 0 Å². The average molecular weight is 332 g/mol. The summed E-state index contributed by atoms with van der Waals surface area (Å²) >= 11 is 0. The van der Waals surface area contributed by atoms with Crippen molar-refractivity contribution in [3.63, 3.8) is 0 Å². The van der Waals surface area contributed by atoms with E-state index >= 15 is 0 Å². The fourth-order valence-electron chi connectivity index (χ4n) is 4.09. The number of ether oxygens (including phenoxy) is 1. The number of likely N-dealkylation sites (tertiary alicyclic amines) is 1. The lowest BCUT2D eigenvalue weighted by molar-refractivity contribution is -0.129. The molecule has 1 atom stereocenters. The summed E-state index contributed by atoms with van der Waals surface area (Å²) in [5, 5.41) is 0. The topological polar surface area (TPSA) is 58.6 Å². The van der Waals surface area contributed by atoms with E-state index in [-0.39, 0.29) is 11.5 Å². The van der Waals surface area contributed by atoms with E-state index in [1.807, 2.05) is 4.90 Å². The Morgan fingerprint density at radius 2 is 2.08 bits per heavy atom. The Balaban J connectivity index is 1.60. The SMILES string of the molecule is CCN(CC)C1CCOC2(CCN(C(=O)c3cnccn3)CC2)C1. The van der Waals surface area contributed by atoms with E-state index < -0.39 is 0 Å². The Morgan fingerprint density at radius 1 is 1.33 bits per heavy atom. The number of carbonyl (C=O) groups is 1. The second-order valence-electron chi connectivity index (χ2n) is 6.78. The molecule has 0 saturated carbocycles. The zero-order valence-electron chi connectivity index (χ0n) is 14.8. The van der Waals surface area contributed by atoms with Crippen molar-refractivity contribution in [1.29, 1.82) is 0 Å². The highest BCUT2D eigenvalue weighted by atomic mass is 16.5. The fraction of sp³-hybridized carbons (Fsp3) is 0.722. The third-order valence-corrected chi connectivity index (χ3v) is 5.54. The average Bonchev–Trinajstić information content (AvgIpc) is 2.64. The minimum absolute atomic E-state index is 0.0194. The predicted molar refractivity (Wildman–Crippen MR) is 91.8 cm³/mol. The molecule has 1 aromatic rings. The maximum atomic E-state index is 12.5. The quantitative estimate of drug-likeness (QED) is 0.844. The summed E-state index contributed by atoms with van der Waals surface area (Å²) in [5.74, 6) is -0.0194. The maximum absolute atomic E-state index is 12.5. The van der Waals surface area contributed by atoms with Gasteiger partial charge in [-0.25, -0.2) is 4.98 Å². The van der Waals surface area contributed by atoms with Gasteiger partial charge in [0.1, 0.15) is 5.69 Å². The summed E-state index contributed by atoms with van der Waals surface area (Å²) in [6.45, 7) is 8.95. The Hall–Kier alpha value is -1.53. The van der Waals surface area contributed by atoms with Crippen LogP contribution in [-0.4, -0.2) is 70.1 Å². The van der Waals surface area contributed by atoms with Crippen LogP contribution in [0.5, 0.6) is 0 Å². The molecule has 24 heavy (non-hydrogen) atoms. The number of aromatic nitrogens is 2. The summed E-state index contributed by atoms with van der Waals surface area (Å²) in [7, 11) is 0. The Kier molecular flexibility index (Phi) is 5.46. The largest absolute Gasteiger partial charge is 0.375 e. The number of amides is 1. The van der Waals surface area contributed by atoms with Gasteiger partial charge in [-0.15, -0.1) is 0 Å². The van der Waals surface area contributed by atoms with Crippen LogP contribution < -0.4 is 0 Å². The van der Waals surface area contributed by atoms with Crippen molar-refractivity contribution in [2.45, 2.75) is 51.2 Å². The molecule has 6 heteroatoms. The van der Waals surface area contributed by atoms with Gasteiger partial charge >= 0.3 is 0 Å². The molecule has 2 aliphatic heterocycles. The molecule has 1 spiro atoms. The lowest BCUT2D eigenvalue weighted by Gasteiger charge is -2.48. The zero-order valence-corrected chi connectivity index (χ0v) is 14.8. The molecule has 2 fully saturated rings. The summed E-state index contributed by atoms with van der Waals surface area (Å²) in [5.41, 5.74) is 0.379. The van der Waals surface area contributed by atoms with Crippen LogP contribution in [0.15, 0.2) is 18.6 Å². The number of rotatable bonds is 4. The number of carbonyl (C=O) groups excluding carboxylic acids is 1. The molecule has 1 unspecified atom stereocenters. The Labute approximate surface area is 144 Å². The molecule has 0 bridgehead atoms. The van der Waals surface area contributed by atoms with Gasteiger partial charge in [-0.05, 0) is 38.8 Å². The van der Waals surface area contributed by atoms with Crippen LogP contribution in [0.4, 0.5) is 0 Å². The second-order valence-corrected chi connectivity index (χ2v) is 6.78. The molecule has 3 heterocycles. The summed E-state index contributed by atoms with van der Waals surface area (Å²) in [6.07, 6.45) is 8.73. The van der Waals surface area contributed by atoms with E-state index in [0.717, 1.165) is 58.5 Å². The Morgan fingerprint density at radius 3 is 2.71 bits per heavy atom. The van der Waals surface area contributed by atoms with Gasteiger partial charge in [-0.2, -0.15) is 0 Å². The molecule has 6 nitrogen and oxygen atoms in total. The van der Waals surface area contributed by atoms with Crippen molar-refractivity contribution in [2.75, 3.05) is 32.8 Å². The number of hydrogen-bond acceptors (Lipinski definition) is 5. The monoisotopic (exact) mass is 332 g/mol. The highest BCUT2D eigenvalue weighted by Gasteiger charge is 2.42. The highest BCUT2D eigenvalue weighted by molar-refractivity contribution is 5.92. The second kappa shape index (κ2) is 7.57. The molecule has 2 saturated heterocycles. The van der Waals surface area contributed by atoms with Crippen LogP contribution in [0.25, 0.3) is 0 Å². The molecular formula is C18H28N4O2.